The summed E-state index contributed by atoms with van der Waals surface area (Å²) in [5.74, 6) is 0.241. The van der Waals surface area contributed by atoms with Crippen molar-refractivity contribution in [2.24, 2.45) is 0 Å². The zero-order valence-corrected chi connectivity index (χ0v) is 22.7. The van der Waals surface area contributed by atoms with Crippen molar-refractivity contribution in [3.8, 4) is 11.3 Å². The number of hydrogen-bond donors (Lipinski definition) is 3. The molecule has 0 bridgehead atoms. The first-order valence-electron chi connectivity index (χ1n) is 12.9. The molecule has 6 aromatic rings. The zero-order valence-electron chi connectivity index (χ0n) is 22.0. The molecule has 0 aliphatic rings. The van der Waals surface area contributed by atoms with E-state index in [1.807, 2.05) is 79.7 Å². The van der Waals surface area contributed by atoms with Crippen molar-refractivity contribution < 1.29 is 4.79 Å². The van der Waals surface area contributed by atoms with E-state index in [9.17, 15) is 4.79 Å². The quantitative estimate of drug-likeness (QED) is 0.184. The molecular weight excluding hydrogens is 534 g/mol. The first kappa shape index (κ1) is 25.9. The highest BCUT2D eigenvalue weighted by Gasteiger charge is 2.10. The van der Waals surface area contributed by atoms with Crippen LogP contribution in [0.4, 0.5) is 28.7 Å². The van der Waals surface area contributed by atoms with Gasteiger partial charge in [-0.25, -0.2) is 9.97 Å². The summed E-state index contributed by atoms with van der Waals surface area (Å²) in [6.45, 7) is 1.98. The van der Waals surface area contributed by atoms with Crippen molar-refractivity contribution >= 4 is 57.1 Å². The van der Waals surface area contributed by atoms with Gasteiger partial charge < -0.3 is 16.0 Å². The summed E-state index contributed by atoms with van der Waals surface area (Å²) >= 11 is 6.11. The summed E-state index contributed by atoms with van der Waals surface area (Å²) in [4.78, 5) is 30.5. The van der Waals surface area contributed by atoms with Crippen LogP contribution in [-0.2, 0) is 0 Å². The first-order valence-corrected chi connectivity index (χ1v) is 13.2. The maximum Gasteiger partial charge on any atom is 0.255 e. The fourth-order valence-corrected chi connectivity index (χ4v) is 4.52. The highest BCUT2D eigenvalue weighted by atomic mass is 35.5. The molecule has 0 aliphatic carbocycles. The maximum absolute atomic E-state index is 13.0. The molecule has 0 unspecified atom stereocenters. The standard InChI is InChI=1S/C32H24ClN7O/c1-20-2-6-25(19-29(20)40-32-36-17-12-27(39-32)21-10-14-34-15-11-21)38-31(41)22-3-7-24(8-4-22)37-28-13-16-35-30-18-23(33)5-9-26(28)30/h2-19H,1H3,(H,35,37)(H,38,41)(H,36,39,40). The van der Waals surface area contributed by atoms with Gasteiger partial charge in [-0.1, -0.05) is 17.7 Å². The van der Waals surface area contributed by atoms with Crippen molar-refractivity contribution in [3.63, 3.8) is 0 Å². The third kappa shape index (κ3) is 5.98. The van der Waals surface area contributed by atoms with E-state index in [2.05, 4.69) is 35.9 Å². The fraction of sp³-hybridized carbons (Fsp3) is 0.0312. The third-order valence-electron chi connectivity index (χ3n) is 6.50. The smallest absolute Gasteiger partial charge is 0.255 e. The molecule has 3 heterocycles. The predicted molar refractivity (Wildman–Crippen MR) is 164 cm³/mol. The Balaban J connectivity index is 1.15. The minimum absolute atomic E-state index is 0.216. The number of nitrogens with one attached hydrogen (secondary N) is 3. The molecule has 200 valence electrons. The number of hydrogen-bond acceptors (Lipinski definition) is 7. The van der Waals surface area contributed by atoms with Crippen molar-refractivity contribution in [2.45, 2.75) is 6.92 Å². The van der Waals surface area contributed by atoms with Gasteiger partial charge in [0.25, 0.3) is 5.91 Å². The summed E-state index contributed by atoms with van der Waals surface area (Å²) in [5.41, 5.74) is 7.25. The third-order valence-corrected chi connectivity index (χ3v) is 6.74. The largest absolute Gasteiger partial charge is 0.355 e. The molecule has 0 aliphatic heterocycles. The monoisotopic (exact) mass is 557 g/mol. The highest BCUT2D eigenvalue weighted by molar-refractivity contribution is 6.31. The topological polar surface area (TPSA) is 105 Å². The lowest BCUT2D eigenvalue weighted by Crippen LogP contribution is -2.12. The average molecular weight is 558 g/mol. The number of carbonyl (C=O) groups is 1. The number of amides is 1. The lowest BCUT2D eigenvalue weighted by atomic mass is 10.1. The number of aromatic nitrogens is 4. The van der Waals surface area contributed by atoms with E-state index < -0.39 is 0 Å². The Morgan fingerprint density at radius 2 is 1.51 bits per heavy atom. The van der Waals surface area contributed by atoms with Gasteiger partial charge in [-0.2, -0.15) is 0 Å². The highest BCUT2D eigenvalue weighted by Crippen LogP contribution is 2.28. The number of nitrogens with zero attached hydrogens (tertiary/aromatic N) is 4. The molecule has 3 aromatic heterocycles. The Hall–Kier alpha value is -5.34. The Labute approximate surface area is 241 Å². The number of rotatable bonds is 7. The van der Waals surface area contributed by atoms with Gasteiger partial charge in [-0.3, -0.25) is 14.8 Å². The number of fused-ring (bicyclic) bond motifs is 1. The zero-order chi connectivity index (χ0) is 28.2. The van der Waals surface area contributed by atoms with E-state index in [4.69, 9.17) is 11.6 Å². The lowest BCUT2D eigenvalue weighted by Gasteiger charge is -2.13. The van der Waals surface area contributed by atoms with Gasteiger partial charge in [0.2, 0.25) is 5.95 Å². The van der Waals surface area contributed by atoms with Gasteiger partial charge in [0.05, 0.1) is 11.2 Å². The fourth-order valence-electron chi connectivity index (χ4n) is 4.35. The summed E-state index contributed by atoms with van der Waals surface area (Å²) < 4.78 is 0. The van der Waals surface area contributed by atoms with E-state index >= 15 is 0 Å². The molecule has 0 atom stereocenters. The van der Waals surface area contributed by atoms with Gasteiger partial charge >= 0.3 is 0 Å². The van der Waals surface area contributed by atoms with Crippen molar-refractivity contribution in [1.29, 1.82) is 0 Å². The second-order valence-electron chi connectivity index (χ2n) is 9.33. The molecule has 9 heteroatoms. The van der Waals surface area contributed by atoms with Gasteiger partial charge in [0.15, 0.2) is 0 Å². The minimum atomic E-state index is -0.216. The van der Waals surface area contributed by atoms with Crippen LogP contribution in [0.3, 0.4) is 0 Å². The van der Waals surface area contributed by atoms with Crippen LogP contribution in [0.2, 0.25) is 5.02 Å². The van der Waals surface area contributed by atoms with E-state index in [0.29, 0.717) is 22.2 Å². The molecule has 0 spiro atoms. The predicted octanol–water partition coefficient (Wildman–Crippen LogP) is 7.79. The van der Waals surface area contributed by atoms with Crippen molar-refractivity contribution in [2.75, 3.05) is 16.0 Å². The SMILES string of the molecule is Cc1ccc(NC(=O)c2ccc(Nc3ccnc4cc(Cl)ccc34)cc2)cc1Nc1nccc(-c2ccncc2)n1. The van der Waals surface area contributed by atoms with Gasteiger partial charge in [0.1, 0.15) is 0 Å². The summed E-state index contributed by atoms with van der Waals surface area (Å²) in [5, 5.41) is 11.2. The Kier molecular flexibility index (Phi) is 7.21. The number of aryl methyl sites for hydroxylation is 1. The molecule has 6 rings (SSSR count). The van der Waals surface area contributed by atoms with Crippen molar-refractivity contribution in [1.82, 2.24) is 19.9 Å². The number of pyridine rings is 2. The van der Waals surface area contributed by atoms with E-state index in [0.717, 1.165) is 44.8 Å². The molecule has 0 saturated heterocycles. The molecule has 0 fully saturated rings. The number of benzene rings is 3. The van der Waals surface area contributed by atoms with Crippen LogP contribution in [-0.4, -0.2) is 25.8 Å². The Bertz CT molecular complexity index is 1860. The summed E-state index contributed by atoms with van der Waals surface area (Å²) in [7, 11) is 0. The molecule has 0 saturated carbocycles. The normalized spacial score (nSPS) is 10.8. The van der Waals surface area contributed by atoms with Crippen LogP contribution in [0.5, 0.6) is 0 Å². The Morgan fingerprint density at radius 3 is 2.34 bits per heavy atom. The van der Waals surface area contributed by atoms with Crippen LogP contribution in [0, 0.1) is 6.92 Å². The van der Waals surface area contributed by atoms with E-state index in [1.54, 1.807) is 36.9 Å². The van der Waals surface area contributed by atoms with Gasteiger partial charge in [0, 0.05) is 69.1 Å². The number of carbonyl (C=O) groups excluding carboxylic acids is 1. The van der Waals surface area contributed by atoms with E-state index in [1.165, 1.54) is 0 Å². The molecule has 41 heavy (non-hydrogen) atoms. The first-order chi connectivity index (χ1) is 20.0. The molecule has 1 amide bonds. The lowest BCUT2D eigenvalue weighted by molar-refractivity contribution is 0.102. The van der Waals surface area contributed by atoms with Crippen LogP contribution in [0.25, 0.3) is 22.2 Å². The van der Waals surface area contributed by atoms with Crippen LogP contribution in [0.1, 0.15) is 15.9 Å². The van der Waals surface area contributed by atoms with Gasteiger partial charge in [-0.15, -0.1) is 0 Å². The Morgan fingerprint density at radius 1 is 0.732 bits per heavy atom. The second kappa shape index (κ2) is 11.4. The number of anilines is 5. The van der Waals surface area contributed by atoms with E-state index in [-0.39, 0.29) is 5.91 Å². The minimum Gasteiger partial charge on any atom is -0.355 e. The van der Waals surface area contributed by atoms with Gasteiger partial charge in [-0.05, 0) is 91.3 Å². The molecule has 3 aromatic carbocycles. The van der Waals surface area contributed by atoms with Crippen LogP contribution >= 0.6 is 11.6 Å². The van der Waals surface area contributed by atoms with Crippen LogP contribution < -0.4 is 16.0 Å². The molecule has 8 nitrogen and oxygen atoms in total. The second-order valence-corrected chi connectivity index (χ2v) is 9.77. The molecular formula is C32H24ClN7O. The number of halogens is 1. The van der Waals surface area contributed by atoms with Crippen LogP contribution in [0.15, 0.2) is 110 Å². The molecule has 0 radical (unpaired) electrons. The molecule has 3 N–H and O–H groups in total. The average Bonchev–Trinajstić information content (AvgIpc) is 3.00. The summed E-state index contributed by atoms with van der Waals surface area (Å²) in [6.07, 6.45) is 6.89. The van der Waals surface area contributed by atoms with Crippen molar-refractivity contribution in [3.05, 3.63) is 126 Å². The summed E-state index contributed by atoms with van der Waals surface area (Å²) in [6, 6.07) is 26.1. The maximum atomic E-state index is 13.0.